The molecule has 0 amide bonds. The van der Waals surface area contributed by atoms with E-state index >= 15 is 0 Å². The lowest BCUT2D eigenvalue weighted by Crippen LogP contribution is -2.52. The molecule has 0 bridgehead atoms. The van der Waals surface area contributed by atoms with Gasteiger partial charge in [-0.25, -0.2) is 20.8 Å². The molecule has 3 heterocycles. The number of nitrogens with zero attached hydrogens (tertiary/aromatic N) is 4. The van der Waals surface area contributed by atoms with E-state index in [1.807, 2.05) is 36.7 Å². The Kier molecular flexibility index (Phi) is 12.7. The minimum Gasteiger partial charge on any atom is -0.507 e. The fraction of sp³-hybridized carbons (Fsp3) is 0.327. The molecule has 10 N–H and O–H groups in total. The van der Waals surface area contributed by atoms with E-state index in [0.717, 1.165) is 58.9 Å². The number of methoxy groups -OCH3 is 1. The monoisotopic (exact) mass is 925 g/mol. The molecule has 0 spiro atoms. The summed E-state index contributed by atoms with van der Waals surface area (Å²) in [5, 5.41) is 63.7. The second-order valence-electron chi connectivity index (χ2n) is 17.1. The third kappa shape index (κ3) is 8.38. The van der Waals surface area contributed by atoms with E-state index in [2.05, 4.69) is 65.9 Å². The molecule has 6 atom stereocenters. The van der Waals surface area contributed by atoms with Gasteiger partial charge in [-0.3, -0.25) is 14.4 Å². The number of Topliss-reactive ketones (excluding diaryl/α,β-unsaturated/α-hetero) is 1. The Balaban J connectivity index is 0.000000174. The number of guanidine groups is 2. The van der Waals surface area contributed by atoms with Crippen molar-refractivity contribution >= 4 is 63.2 Å². The minimum atomic E-state index is -2.00. The van der Waals surface area contributed by atoms with Crippen molar-refractivity contribution < 1.29 is 49.0 Å². The number of hydrogen-bond donors (Lipinski definition) is 9. The Morgan fingerprint density at radius 3 is 1.91 bits per heavy atom. The van der Waals surface area contributed by atoms with Gasteiger partial charge in [-0.15, -0.1) is 0 Å². The molecule has 0 unspecified atom stereocenters. The summed E-state index contributed by atoms with van der Waals surface area (Å²) in [5.74, 6) is -1.76. The van der Waals surface area contributed by atoms with Crippen LogP contribution in [0.25, 0.3) is 21.5 Å². The van der Waals surface area contributed by atoms with Crippen LogP contribution in [0.2, 0.25) is 0 Å². The number of ether oxygens (including phenoxy) is 3. The van der Waals surface area contributed by atoms with Crippen molar-refractivity contribution in [2.75, 3.05) is 33.3 Å². The van der Waals surface area contributed by atoms with Crippen LogP contribution in [0.15, 0.2) is 86.9 Å². The summed E-state index contributed by atoms with van der Waals surface area (Å²) in [4.78, 5) is 48.2. The number of aliphatic hydroxyl groups is 2. The van der Waals surface area contributed by atoms with Gasteiger partial charge >= 0.3 is 0 Å². The largest absolute Gasteiger partial charge is 0.507 e. The zero-order valence-electron chi connectivity index (χ0n) is 37.4. The highest BCUT2D eigenvalue weighted by Crippen LogP contribution is 2.52. The van der Waals surface area contributed by atoms with Crippen LogP contribution >= 0.6 is 0 Å². The maximum atomic E-state index is 13.6. The molecule has 0 aromatic heterocycles. The van der Waals surface area contributed by atoms with Gasteiger partial charge in [-0.1, -0.05) is 60.7 Å². The fourth-order valence-corrected chi connectivity index (χ4v) is 9.39. The van der Waals surface area contributed by atoms with Gasteiger partial charge < -0.3 is 51.0 Å². The van der Waals surface area contributed by atoms with Gasteiger partial charge in [0.15, 0.2) is 17.9 Å². The minimum absolute atomic E-state index is 0.0147. The maximum absolute atomic E-state index is 13.6. The number of nitrogens with two attached hydrogens (primary N) is 1. The number of aliphatic imine (C=N–C) groups is 2. The summed E-state index contributed by atoms with van der Waals surface area (Å²) in [7, 11) is 1.34. The zero-order valence-corrected chi connectivity index (χ0v) is 37.4. The van der Waals surface area contributed by atoms with Crippen LogP contribution in [-0.2, 0) is 20.7 Å². The Morgan fingerprint density at radius 1 is 0.853 bits per heavy atom. The molecule has 19 heteroatoms. The predicted octanol–water partition coefficient (Wildman–Crippen LogP) is 2.79. The van der Waals surface area contributed by atoms with Gasteiger partial charge in [0.2, 0.25) is 17.7 Å². The van der Waals surface area contributed by atoms with Crippen molar-refractivity contribution in [1.29, 1.82) is 0 Å². The van der Waals surface area contributed by atoms with E-state index in [0.29, 0.717) is 11.9 Å². The molecule has 68 heavy (non-hydrogen) atoms. The van der Waals surface area contributed by atoms with Gasteiger partial charge in [0.25, 0.3) is 0 Å². The van der Waals surface area contributed by atoms with Crippen molar-refractivity contribution in [3.63, 3.8) is 0 Å². The number of carbonyl (C=O) groups excluding carboxylic acids is 3. The Hall–Kier alpha value is -7.29. The van der Waals surface area contributed by atoms with Crippen LogP contribution < -0.4 is 32.0 Å². The molecule has 1 saturated heterocycles. The lowest BCUT2D eigenvalue weighted by Gasteiger charge is -2.42. The van der Waals surface area contributed by atoms with E-state index in [1.54, 1.807) is 6.92 Å². The first-order chi connectivity index (χ1) is 32.8. The van der Waals surface area contributed by atoms with Crippen molar-refractivity contribution in [3.05, 3.63) is 111 Å². The van der Waals surface area contributed by atoms with Gasteiger partial charge in [-0.2, -0.15) is 10.2 Å². The number of phenolic OH excluding ortho intramolecular Hbond substituents is 2. The lowest BCUT2D eigenvalue weighted by molar-refractivity contribution is -0.247. The first kappa shape index (κ1) is 45.8. The number of ketones is 3. The Labute approximate surface area is 389 Å². The molecule has 5 aromatic carbocycles. The highest BCUT2D eigenvalue weighted by Gasteiger charge is 2.49. The highest BCUT2D eigenvalue weighted by molar-refractivity contribution is 6.31. The molecule has 352 valence electrons. The second kappa shape index (κ2) is 18.8. The average molecular weight is 926 g/mol. The lowest BCUT2D eigenvalue weighted by atomic mass is 9.72. The van der Waals surface area contributed by atoms with Crippen molar-refractivity contribution in [3.8, 4) is 17.2 Å². The quantitative estimate of drug-likeness (QED) is 0.0459. The van der Waals surface area contributed by atoms with Gasteiger partial charge in [0, 0.05) is 66.2 Å². The van der Waals surface area contributed by atoms with Crippen LogP contribution in [-0.4, -0.2) is 126 Å². The highest BCUT2D eigenvalue weighted by atomic mass is 16.7. The number of aromatic hydroxyl groups is 2. The molecule has 2 aliphatic carbocycles. The van der Waals surface area contributed by atoms with Crippen LogP contribution in [0.5, 0.6) is 17.2 Å². The SMILES string of the molecule is C(=N/NC1=NCCN1)/c1c2ccccc2c(/C=N\NC2=NCCN2)c2ccccc12.COc1cccc2c1C(=O)c1c(O)c3c(c(O)c1C2=O)C[C@@](O)(C(C)=O)C[C@@H]3O[C@H]1C[C@H](N)[C@H](O)[C@H](C)O1. The van der Waals surface area contributed by atoms with Crippen LogP contribution in [0, 0.1) is 0 Å². The van der Waals surface area contributed by atoms with Crippen LogP contribution in [0.4, 0.5) is 0 Å². The fourth-order valence-electron chi connectivity index (χ4n) is 9.39. The van der Waals surface area contributed by atoms with E-state index < -0.39 is 82.6 Å². The number of phenols is 2. The smallest absolute Gasteiger partial charge is 0.212 e. The molecule has 0 saturated carbocycles. The van der Waals surface area contributed by atoms with Crippen molar-refractivity contribution in [2.24, 2.45) is 25.9 Å². The van der Waals surface area contributed by atoms with Crippen LogP contribution in [0.1, 0.15) is 86.9 Å². The molecular weight excluding hydrogens is 875 g/mol. The standard InChI is InChI=1S/C27H29NO10.C22H22N8/c1-10-22(30)14(28)7-17(37-10)38-16-9-27(35,11(2)29)8-13-19(16)26(34)21-20(24(13)32)23(31)12-5-4-6-15(36-3)18(12)25(21)33;1-2-6-16-15(5-1)19(13-27-29-21-23-9-10-24-21)17-7-3-4-8-18(17)20(16)14-28-30-22-25-11-12-26-22/h4-6,10,14,16-17,22,30,32,34-35H,7-9,28H2,1-3H3;1-8,13-14H,9-12H2,(H2,23,24,29)(H2,25,26,30)/b;27-13-,28-14-/t10-,14-,16-,17-,22+,27-;/m0./s1. The van der Waals surface area contributed by atoms with E-state index in [-0.39, 0.29) is 40.8 Å². The van der Waals surface area contributed by atoms with Gasteiger partial charge in [0.1, 0.15) is 22.8 Å². The topological polar surface area (TPSA) is 283 Å². The van der Waals surface area contributed by atoms with Crippen molar-refractivity contribution in [1.82, 2.24) is 21.5 Å². The number of aliphatic hydroxyl groups excluding tert-OH is 1. The zero-order chi connectivity index (χ0) is 47.9. The van der Waals surface area contributed by atoms with Gasteiger partial charge in [-0.05, 0) is 41.5 Å². The number of carbonyl (C=O) groups is 3. The molecule has 10 rings (SSSR count). The van der Waals surface area contributed by atoms with Gasteiger partial charge in [0.05, 0.1) is 67.6 Å². The number of rotatable bonds is 8. The molecule has 0 radical (unpaired) electrons. The molecule has 3 aliphatic heterocycles. The van der Waals surface area contributed by atoms with Crippen molar-refractivity contribution in [2.45, 2.75) is 69.4 Å². The number of fused-ring (bicyclic) bond motifs is 5. The first-order valence-electron chi connectivity index (χ1n) is 22.2. The summed E-state index contributed by atoms with van der Waals surface area (Å²) >= 11 is 0. The van der Waals surface area contributed by atoms with E-state index in [1.165, 1.54) is 32.2 Å². The first-order valence-corrected chi connectivity index (χ1v) is 22.2. The summed E-state index contributed by atoms with van der Waals surface area (Å²) in [6.07, 6.45) is -0.802. The summed E-state index contributed by atoms with van der Waals surface area (Å²) in [6, 6.07) is 20.4. The maximum Gasteiger partial charge on any atom is 0.212 e. The Morgan fingerprint density at radius 2 is 1.41 bits per heavy atom. The molecule has 1 fully saturated rings. The third-order valence-corrected chi connectivity index (χ3v) is 12.9. The summed E-state index contributed by atoms with van der Waals surface area (Å²) in [6.45, 7) is 6.01. The molecule has 5 aromatic rings. The Bertz CT molecular complexity index is 2830. The predicted molar refractivity (Wildman–Crippen MR) is 254 cm³/mol. The number of hydrazone groups is 2. The van der Waals surface area contributed by atoms with E-state index in [9.17, 15) is 34.8 Å². The number of benzene rings is 5. The van der Waals surface area contributed by atoms with Crippen LogP contribution in [0.3, 0.4) is 0 Å². The molecule has 5 aliphatic rings. The second-order valence-corrected chi connectivity index (χ2v) is 17.1. The third-order valence-electron chi connectivity index (χ3n) is 12.9. The normalized spacial score (nSPS) is 24.1. The average Bonchev–Trinajstić information content (AvgIpc) is 4.07. The summed E-state index contributed by atoms with van der Waals surface area (Å²) in [5.41, 5.74) is 11.1. The number of hydrogen-bond acceptors (Lipinski definition) is 19. The summed E-state index contributed by atoms with van der Waals surface area (Å²) < 4.78 is 17.1. The molecular formula is C49H51N9O10. The van der Waals surface area contributed by atoms with E-state index in [4.69, 9.17) is 19.9 Å². The molecule has 19 nitrogen and oxygen atoms in total. The number of nitrogens with one attached hydrogen (secondary N) is 4.